The summed E-state index contributed by atoms with van der Waals surface area (Å²) in [5.41, 5.74) is 2.19. The largest absolute Gasteiger partial charge is 0.496 e. The Kier molecular flexibility index (Phi) is 4.91. The second-order valence-corrected chi connectivity index (χ2v) is 4.94. The molecule has 2 rings (SSSR count). The molecule has 0 amide bonds. The van der Waals surface area contributed by atoms with Gasteiger partial charge in [-0.05, 0) is 36.9 Å². The van der Waals surface area contributed by atoms with Crippen molar-refractivity contribution >= 4 is 0 Å². The maximum atomic E-state index is 13.4. The number of hydrogen-bond donors (Lipinski definition) is 0. The van der Waals surface area contributed by atoms with Gasteiger partial charge in [-0.1, -0.05) is 18.2 Å². The summed E-state index contributed by atoms with van der Waals surface area (Å²) in [5.74, 6) is 0.455. The molecular weight excluding hydrogens is 267 g/mol. The van der Waals surface area contributed by atoms with Crippen molar-refractivity contribution < 1.29 is 9.13 Å². The fourth-order valence-corrected chi connectivity index (χ4v) is 2.30. The van der Waals surface area contributed by atoms with Crippen LogP contribution in [0.4, 0.5) is 4.39 Å². The topological polar surface area (TPSA) is 36.3 Å². The SMILES string of the molecule is COc1ccccc1CN(C)Cc1cc(F)cc(C#N)c1. The molecule has 4 heteroatoms. The zero-order valence-electron chi connectivity index (χ0n) is 12.1. The van der Waals surface area contributed by atoms with E-state index in [-0.39, 0.29) is 5.82 Å². The molecule has 0 aliphatic heterocycles. The van der Waals surface area contributed by atoms with Gasteiger partial charge in [0.25, 0.3) is 0 Å². The average Bonchev–Trinajstić information content (AvgIpc) is 2.47. The van der Waals surface area contributed by atoms with Crippen LogP contribution in [0.5, 0.6) is 5.75 Å². The van der Waals surface area contributed by atoms with E-state index in [9.17, 15) is 4.39 Å². The number of nitrogens with zero attached hydrogens (tertiary/aromatic N) is 2. The highest BCUT2D eigenvalue weighted by Gasteiger charge is 2.08. The highest BCUT2D eigenvalue weighted by Crippen LogP contribution is 2.20. The number of benzene rings is 2. The van der Waals surface area contributed by atoms with Crippen LogP contribution in [0.3, 0.4) is 0 Å². The van der Waals surface area contributed by atoms with E-state index in [0.29, 0.717) is 18.7 Å². The fourth-order valence-electron chi connectivity index (χ4n) is 2.30. The molecule has 2 aromatic rings. The number of halogens is 1. The van der Waals surface area contributed by atoms with Gasteiger partial charge in [-0.2, -0.15) is 5.26 Å². The van der Waals surface area contributed by atoms with E-state index in [0.717, 1.165) is 16.9 Å². The van der Waals surface area contributed by atoms with Crippen LogP contribution >= 0.6 is 0 Å². The van der Waals surface area contributed by atoms with Gasteiger partial charge < -0.3 is 4.74 Å². The predicted octanol–water partition coefficient (Wildman–Crippen LogP) is 3.34. The van der Waals surface area contributed by atoms with E-state index >= 15 is 0 Å². The Labute approximate surface area is 124 Å². The minimum atomic E-state index is -0.380. The molecule has 0 N–H and O–H groups in total. The summed E-state index contributed by atoms with van der Waals surface area (Å²) in [4.78, 5) is 2.05. The van der Waals surface area contributed by atoms with Gasteiger partial charge in [0.1, 0.15) is 11.6 Å². The zero-order valence-corrected chi connectivity index (χ0v) is 12.1. The van der Waals surface area contributed by atoms with Crippen molar-refractivity contribution in [3.05, 3.63) is 65.0 Å². The molecule has 0 radical (unpaired) electrons. The number of rotatable bonds is 5. The second-order valence-electron chi connectivity index (χ2n) is 4.94. The number of para-hydroxylation sites is 1. The van der Waals surface area contributed by atoms with Crippen molar-refractivity contribution in [3.8, 4) is 11.8 Å². The maximum absolute atomic E-state index is 13.4. The minimum Gasteiger partial charge on any atom is -0.496 e. The molecule has 0 fully saturated rings. The molecule has 108 valence electrons. The molecule has 0 unspecified atom stereocenters. The first-order chi connectivity index (χ1) is 10.1. The van der Waals surface area contributed by atoms with Crippen LogP contribution in [0.2, 0.25) is 0 Å². The maximum Gasteiger partial charge on any atom is 0.124 e. The van der Waals surface area contributed by atoms with Gasteiger partial charge >= 0.3 is 0 Å². The van der Waals surface area contributed by atoms with Crippen molar-refractivity contribution in [2.75, 3.05) is 14.2 Å². The van der Waals surface area contributed by atoms with Gasteiger partial charge in [-0.3, -0.25) is 4.90 Å². The summed E-state index contributed by atoms with van der Waals surface area (Å²) >= 11 is 0. The molecule has 0 atom stereocenters. The normalized spacial score (nSPS) is 10.4. The Hall–Kier alpha value is -2.38. The number of hydrogen-bond acceptors (Lipinski definition) is 3. The molecule has 0 heterocycles. The van der Waals surface area contributed by atoms with Gasteiger partial charge in [0.2, 0.25) is 0 Å². The smallest absolute Gasteiger partial charge is 0.124 e. The Bertz CT molecular complexity index is 664. The first kappa shape index (κ1) is 15.0. The molecule has 0 bridgehead atoms. The monoisotopic (exact) mass is 284 g/mol. The van der Waals surface area contributed by atoms with Gasteiger partial charge in [0.15, 0.2) is 0 Å². The van der Waals surface area contributed by atoms with Crippen LogP contribution in [-0.2, 0) is 13.1 Å². The third-order valence-corrected chi connectivity index (χ3v) is 3.17. The summed E-state index contributed by atoms with van der Waals surface area (Å²) in [6, 6.07) is 14.2. The minimum absolute atomic E-state index is 0.343. The van der Waals surface area contributed by atoms with E-state index in [2.05, 4.69) is 0 Å². The van der Waals surface area contributed by atoms with Crippen molar-refractivity contribution in [1.29, 1.82) is 5.26 Å². The quantitative estimate of drug-likeness (QED) is 0.845. The van der Waals surface area contributed by atoms with E-state index in [1.54, 1.807) is 13.2 Å². The van der Waals surface area contributed by atoms with Gasteiger partial charge in [-0.15, -0.1) is 0 Å². The van der Waals surface area contributed by atoms with Crippen LogP contribution in [-0.4, -0.2) is 19.1 Å². The highest BCUT2D eigenvalue weighted by molar-refractivity contribution is 5.35. The molecule has 21 heavy (non-hydrogen) atoms. The molecule has 2 aromatic carbocycles. The van der Waals surface area contributed by atoms with Crippen molar-refractivity contribution in [3.63, 3.8) is 0 Å². The molecule has 0 aromatic heterocycles. The standard InChI is InChI=1S/C17H17FN2O/c1-20(12-15-5-3-4-6-17(15)21-2)11-14-7-13(10-19)8-16(18)9-14/h3-9H,11-12H2,1-2H3. The lowest BCUT2D eigenvalue weighted by Gasteiger charge is -2.18. The average molecular weight is 284 g/mol. The second kappa shape index (κ2) is 6.87. The number of methoxy groups -OCH3 is 1. The Morgan fingerprint density at radius 2 is 1.95 bits per heavy atom. The summed E-state index contributed by atoms with van der Waals surface area (Å²) < 4.78 is 18.7. The molecule has 0 aliphatic carbocycles. The lowest BCUT2D eigenvalue weighted by Crippen LogP contribution is -2.17. The van der Waals surface area contributed by atoms with Crippen LogP contribution in [0, 0.1) is 17.1 Å². The van der Waals surface area contributed by atoms with Crippen molar-refractivity contribution in [1.82, 2.24) is 4.90 Å². The third kappa shape index (κ3) is 4.04. The van der Waals surface area contributed by atoms with E-state index < -0.39 is 0 Å². The third-order valence-electron chi connectivity index (χ3n) is 3.17. The van der Waals surface area contributed by atoms with E-state index in [1.165, 1.54) is 12.1 Å². The van der Waals surface area contributed by atoms with Crippen molar-refractivity contribution in [2.24, 2.45) is 0 Å². The number of nitriles is 1. The number of ether oxygens (including phenoxy) is 1. The molecule has 0 spiro atoms. The summed E-state index contributed by atoms with van der Waals surface area (Å²) in [7, 11) is 3.59. The molecule has 0 saturated heterocycles. The molecular formula is C17H17FN2O. The van der Waals surface area contributed by atoms with Gasteiger partial charge in [-0.25, -0.2) is 4.39 Å². The lowest BCUT2D eigenvalue weighted by molar-refractivity contribution is 0.309. The highest BCUT2D eigenvalue weighted by atomic mass is 19.1. The molecule has 3 nitrogen and oxygen atoms in total. The Morgan fingerprint density at radius 1 is 1.19 bits per heavy atom. The van der Waals surface area contributed by atoms with Crippen LogP contribution in [0.15, 0.2) is 42.5 Å². The predicted molar refractivity (Wildman–Crippen MR) is 79.3 cm³/mol. The van der Waals surface area contributed by atoms with Gasteiger partial charge in [0.05, 0.1) is 18.7 Å². The first-order valence-electron chi connectivity index (χ1n) is 6.62. The Balaban J connectivity index is 2.10. The zero-order chi connectivity index (χ0) is 15.2. The fraction of sp³-hybridized carbons (Fsp3) is 0.235. The van der Waals surface area contributed by atoms with Crippen LogP contribution in [0.25, 0.3) is 0 Å². The van der Waals surface area contributed by atoms with E-state index in [4.69, 9.17) is 10.00 Å². The van der Waals surface area contributed by atoms with E-state index in [1.807, 2.05) is 42.3 Å². The summed E-state index contributed by atoms with van der Waals surface area (Å²) in [6.45, 7) is 1.24. The first-order valence-corrected chi connectivity index (χ1v) is 6.62. The van der Waals surface area contributed by atoms with Crippen molar-refractivity contribution in [2.45, 2.75) is 13.1 Å². The molecule has 0 saturated carbocycles. The summed E-state index contributed by atoms with van der Waals surface area (Å²) in [6.07, 6.45) is 0. The Morgan fingerprint density at radius 3 is 2.67 bits per heavy atom. The molecule has 0 aliphatic rings. The summed E-state index contributed by atoms with van der Waals surface area (Å²) in [5, 5.41) is 8.88. The van der Waals surface area contributed by atoms with Gasteiger partial charge in [0, 0.05) is 18.7 Å². The van der Waals surface area contributed by atoms with Crippen LogP contribution < -0.4 is 4.74 Å². The lowest BCUT2D eigenvalue weighted by atomic mass is 10.1. The van der Waals surface area contributed by atoms with Crippen LogP contribution in [0.1, 0.15) is 16.7 Å².